The lowest BCUT2D eigenvalue weighted by Crippen LogP contribution is -2.49. The molecule has 2 atom stereocenters. The van der Waals surface area contributed by atoms with Gasteiger partial charge in [0, 0.05) is 21.1 Å². The number of hydrogen-bond donors (Lipinski definition) is 1. The first-order valence-corrected chi connectivity index (χ1v) is 8.45. The van der Waals surface area contributed by atoms with Crippen LogP contribution in [0.4, 0.5) is 0 Å². The van der Waals surface area contributed by atoms with Gasteiger partial charge in [-0.05, 0) is 63.9 Å². The van der Waals surface area contributed by atoms with Crippen LogP contribution in [0.2, 0.25) is 5.02 Å². The highest BCUT2D eigenvalue weighted by atomic mass is 79.9. The summed E-state index contributed by atoms with van der Waals surface area (Å²) in [5.41, 5.74) is 7.73. The molecule has 1 aromatic rings. The number of hydrogen-bond acceptors (Lipinski definition) is 2. The monoisotopic (exact) mass is 358 g/mol. The van der Waals surface area contributed by atoms with Crippen molar-refractivity contribution in [2.45, 2.75) is 57.7 Å². The molecule has 0 amide bonds. The molecule has 2 unspecified atom stereocenters. The summed E-state index contributed by atoms with van der Waals surface area (Å²) in [6.45, 7) is 7.84. The van der Waals surface area contributed by atoms with Crippen LogP contribution in [0.25, 0.3) is 0 Å². The normalized spacial score (nSPS) is 25.5. The molecule has 1 heterocycles. The zero-order chi connectivity index (χ0) is 14.9. The van der Waals surface area contributed by atoms with Crippen molar-refractivity contribution in [3.05, 3.63) is 33.3 Å². The highest BCUT2D eigenvalue weighted by molar-refractivity contribution is 9.10. The third-order valence-corrected chi connectivity index (χ3v) is 4.90. The van der Waals surface area contributed by atoms with E-state index in [0.717, 1.165) is 28.0 Å². The smallest absolute Gasteiger partial charge is 0.0519 e. The Labute approximate surface area is 135 Å². The summed E-state index contributed by atoms with van der Waals surface area (Å²) in [5.74, 6) is 0. The van der Waals surface area contributed by atoms with Crippen molar-refractivity contribution in [3.8, 4) is 0 Å². The summed E-state index contributed by atoms with van der Waals surface area (Å²) in [7, 11) is 0. The number of halogens is 2. The van der Waals surface area contributed by atoms with Crippen molar-refractivity contribution < 1.29 is 0 Å². The van der Waals surface area contributed by atoms with E-state index in [4.69, 9.17) is 17.3 Å². The molecule has 0 aliphatic carbocycles. The van der Waals surface area contributed by atoms with Gasteiger partial charge in [-0.25, -0.2) is 0 Å². The Kier molecular flexibility index (Phi) is 5.17. The van der Waals surface area contributed by atoms with Gasteiger partial charge in [-0.15, -0.1) is 0 Å². The molecule has 0 aromatic heterocycles. The zero-order valence-electron chi connectivity index (χ0n) is 12.5. The van der Waals surface area contributed by atoms with Crippen LogP contribution >= 0.6 is 27.5 Å². The topological polar surface area (TPSA) is 29.3 Å². The van der Waals surface area contributed by atoms with Crippen LogP contribution in [0.3, 0.4) is 0 Å². The van der Waals surface area contributed by atoms with E-state index < -0.39 is 0 Å². The Balaban J connectivity index is 2.48. The van der Waals surface area contributed by atoms with Gasteiger partial charge in [-0.3, -0.25) is 4.90 Å². The summed E-state index contributed by atoms with van der Waals surface area (Å²) in [5, 5.41) is 0.810. The van der Waals surface area contributed by atoms with Gasteiger partial charge in [0.1, 0.15) is 0 Å². The number of benzene rings is 1. The van der Waals surface area contributed by atoms with E-state index >= 15 is 0 Å². The fourth-order valence-electron chi connectivity index (χ4n) is 3.08. The molecule has 20 heavy (non-hydrogen) atoms. The van der Waals surface area contributed by atoms with Crippen LogP contribution in [0.15, 0.2) is 22.7 Å². The van der Waals surface area contributed by atoms with Crippen molar-refractivity contribution >= 4 is 27.5 Å². The lowest BCUT2D eigenvalue weighted by atomic mass is 9.92. The molecule has 2 N–H and O–H groups in total. The van der Waals surface area contributed by atoms with Crippen molar-refractivity contribution in [1.29, 1.82) is 0 Å². The largest absolute Gasteiger partial charge is 0.326 e. The molecule has 2 rings (SSSR count). The molecule has 1 saturated heterocycles. The van der Waals surface area contributed by atoms with Crippen molar-refractivity contribution in [2.24, 2.45) is 5.73 Å². The third-order valence-electron chi connectivity index (χ3n) is 4.07. The first-order valence-electron chi connectivity index (χ1n) is 7.28. The molecule has 1 aliphatic rings. The van der Waals surface area contributed by atoms with Crippen molar-refractivity contribution in [3.63, 3.8) is 0 Å². The average molecular weight is 360 g/mol. The lowest BCUT2D eigenvalue weighted by molar-refractivity contribution is 0.0755. The molecule has 1 aromatic carbocycles. The number of likely N-dealkylation sites (tertiary alicyclic amines) is 1. The second kappa shape index (κ2) is 6.35. The molecule has 0 radical (unpaired) electrons. The predicted molar refractivity (Wildman–Crippen MR) is 90.2 cm³/mol. The third kappa shape index (κ3) is 3.56. The molecule has 112 valence electrons. The van der Waals surface area contributed by atoms with Gasteiger partial charge in [0.25, 0.3) is 0 Å². The molecule has 1 aliphatic heterocycles. The Hall–Kier alpha value is -0.0900. The Morgan fingerprint density at radius 2 is 2.00 bits per heavy atom. The molecule has 0 bridgehead atoms. The fraction of sp³-hybridized carbons (Fsp3) is 0.625. The van der Waals surface area contributed by atoms with E-state index in [0.29, 0.717) is 0 Å². The maximum Gasteiger partial charge on any atom is 0.0519 e. The minimum absolute atomic E-state index is 0.0816. The van der Waals surface area contributed by atoms with Crippen LogP contribution in [-0.4, -0.2) is 23.0 Å². The summed E-state index contributed by atoms with van der Waals surface area (Å²) < 4.78 is 1.06. The standard InChI is InChI=1S/C16H24BrClN2/c1-16(2,3)20-9-5-4-6-14(19)15(20)12-10-11(17)7-8-13(12)18/h7-8,10,14-15H,4-6,9,19H2,1-3H3. The average Bonchev–Trinajstić information content (AvgIpc) is 2.54. The van der Waals surface area contributed by atoms with Crippen LogP contribution in [0.5, 0.6) is 0 Å². The van der Waals surface area contributed by atoms with E-state index in [-0.39, 0.29) is 17.6 Å². The van der Waals surface area contributed by atoms with Crippen LogP contribution < -0.4 is 5.73 Å². The first-order chi connectivity index (χ1) is 9.30. The summed E-state index contributed by atoms with van der Waals surface area (Å²) >= 11 is 10.0. The van der Waals surface area contributed by atoms with Gasteiger partial charge in [0.2, 0.25) is 0 Å². The molecule has 0 spiro atoms. The highest BCUT2D eigenvalue weighted by Crippen LogP contribution is 2.38. The number of nitrogens with zero attached hydrogens (tertiary/aromatic N) is 1. The lowest BCUT2D eigenvalue weighted by Gasteiger charge is -2.43. The van der Waals surface area contributed by atoms with Crippen LogP contribution in [-0.2, 0) is 0 Å². The Bertz CT molecular complexity index is 470. The van der Waals surface area contributed by atoms with E-state index in [1.807, 2.05) is 12.1 Å². The van der Waals surface area contributed by atoms with Crippen LogP contribution in [0.1, 0.15) is 51.6 Å². The Morgan fingerprint density at radius 1 is 1.30 bits per heavy atom. The van der Waals surface area contributed by atoms with Crippen molar-refractivity contribution in [2.75, 3.05) is 6.54 Å². The SMILES string of the molecule is CC(C)(C)N1CCCCC(N)C1c1cc(Br)ccc1Cl. The molecule has 2 nitrogen and oxygen atoms in total. The van der Waals surface area contributed by atoms with E-state index in [1.54, 1.807) is 0 Å². The van der Waals surface area contributed by atoms with E-state index in [9.17, 15) is 0 Å². The zero-order valence-corrected chi connectivity index (χ0v) is 14.8. The quantitative estimate of drug-likeness (QED) is 0.783. The molecular weight excluding hydrogens is 336 g/mol. The first kappa shape index (κ1) is 16.3. The van der Waals surface area contributed by atoms with Gasteiger partial charge in [-0.1, -0.05) is 34.0 Å². The van der Waals surface area contributed by atoms with Crippen molar-refractivity contribution in [1.82, 2.24) is 4.90 Å². The minimum Gasteiger partial charge on any atom is -0.326 e. The highest BCUT2D eigenvalue weighted by Gasteiger charge is 2.36. The van der Waals surface area contributed by atoms with Gasteiger partial charge >= 0.3 is 0 Å². The molecule has 4 heteroatoms. The second-order valence-electron chi connectivity index (χ2n) is 6.63. The maximum atomic E-state index is 6.50. The summed E-state index contributed by atoms with van der Waals surface area (Å²) in [6.07, 6.45) is 3.45. The molecule has 0 saturated carbocycles. The molecule has 1 fully saturated rings. The number of rotatable bonds is 1. The summed E-state index contributed by atoms with van der Waals surface area (Å²) in [6, 6.07) is 6.37. The van der Waals surface area contributed by atoms with E-state index in [1.165, 1.54) is 12.8 Å². The van der Waals surface area contributed by atoms with Gasteiger partial charge in [0.05, 0.1) is 6.04 Å². The van der Waals surface area contributed by atoms with Crippen LogP contribution in [0, 0.1) is 0 Å². The fourth-order valence-corrected chi connectivity index (χ4v) is 3.69. The van der Waals surface area contributed by atoms with Gasteiger partial charge < -0.3 is 5.73 Å². The molecular formula is C16H24BrClN2. The summed E-state index contributed by atoms with van der Waals surface area (Å²) in [4.78, 5) is 2.51. The second-order valence-corrected chi connectivity index (χ2v) is 7.96. The van der Waals surface area contributed by atoms with Gasteiger partial charge in [0.15, 0.2) is 0 Å². The maximum absolute atomic E-state index is 6.50. The van der Waals surface area contributed by atoms with Gasteiger partial charge in [-0.2, -0.15) is 0 Å². The Morgan fingerprint density at radius 3 is 2.65 bits per heavy atom. The minimum atomic E-state index is 0.0816. The number of nitrogens with two attached hydrogens (primary N) is 1. The van der Waals surface area contributed by atoms with E-state index in [2.05, 4.69) is 47.7 Å². The predicted octanol–water partition coefficient (Wildman–Crippen LogP) is 4.76.